The highest BCUT2D eigenvalue weighted by Gasteiger charge is 2.10. The molecular formula is C20H20I2N6O4. The maximum atomic E-state index is 10.1. The van der Waals surface area contributed by atoms with Crippen LogP contribution in [0.1, 0.15) is 25.0 Å². The van der Waals surface area contributed by atoms with Crippen molar-refractivity contribution in [1.29, 1.82) is 0 Å². The van der Waals surface area contributed by atoms with Gasteiger partial charge in [0.25, 0.3) is 5.95 Å². The molecule has 10 nitrogen and oxygen atoms in total. The average Bonchev–Trinajstić information content (AvgIpc) is 3.21. The topological polar surface area (TPSA) is 126 Å². The second kappa shape index (κ2) is 11.3. The van der Waals surface area contributed by atoms with Crippen LogP contribution in [0.15, 0.2) is 40.8 Å². The van der Waals surface area contributed by atoms with Gasteiger partial charge in [0.15, 0.2) is 23.0 Å². The zero-order chi connectivity index (χ0) is 23.1. The number of anilines is 1. The van der Waals surface area contributed by atoms with E-state index in [1.54, 1.807) is 36.7 Å². The third-order valence-corrected chi connectivity index (χ3v) is 5.59. The van der Waals surface area contributed by atoms with Gasteiger partial charge in [0.05, 0.1) is 32.8 Å². The van der Waals surface area contributed by atoms with Crippen molar-refractivity contribution in [3.63, 3.8) is 0 Å². The van der Waals surface area contributed by atoms with E-state index in [0.717, 1.165) is 11.1 Å². The van der Waals surface area contributed by atoms with Crippen LogP contribution in [0.25, 0.3) is 0 Å². The van der Waals surface area contributed by atoms with Crippen LogP contribution in [0.5, 0.6) is 23.0 Å². The van der Waals surface area contributed by atoms with Gasteiger partial charge < -0.3 is 19.7 Å². The maximum absolute atomic E-state index is 10.1. The molecule has 0 aliphatic carbocycles. The minimum Gasteiger partial charge on any atom is -0.504 e. The minimum absolute atomic E-state index is 0.0991. The Morgan fingerprint density at radius 3 is 2.09 bits per heavy atom. The van der Waals surface area contributed by atoms with E-state index in [1.165, 1.54) is 11.0 Å². The summed E-state index contributed by atoms with van der Waals surface area (Å²) in [5.41, 5.74) is 4.26. The van der Waals surface area contributed by atoms with Crippen LogP contribution in [0.3, 0.4) is 0 Å². The molecule has 2 aromatic carbocycles. The van der Waals surface area contributed by atoms with Crippen molar-refractivity contribution in [2.45, 2.75) is 13.8 Å². The molecule has 3 aromatic rings. The largest absolute Gasteiger partial charge is 0.504 e. The molecule has 3 rings (SSSR count). The molecule has 1 aromatic heterocycles. The standard InChI is InChI=1S/C20H20I2N6O4/c1-3-31-16-7-12(5-14(21)18(16)29)9-23-26-20-27-24-11-28(20)25-10-13-6-15(22)19(30)17(8-13)32-4-2/h5-11,29-30H,3-4H2,1-2H3,(H,26,27). The maximum Gasteiger partial charge on any atom is 0.265 e. The van der Waals surface area contributed by atoms with Gasteiger partial charge in [0.1, 0.15) is 6.33 Å². The molecule has 0 spiro atoms. The van der Waals surface area contributed by atoms with Crippen molar-refractivity contribution >= 4 is 63.6 Å². The number of phenolic OH excluding ortho intramolecular Hbond substituents is 2. The van der Waals surface area contributed by atoms with Gasteiger partial charge in [-0.3, -0.25) is 0 Å². The third kappa shape index (κ3) is 5.99. The van der Waals surface area contributed by atoms with Crippen LogP contribution < -0.4 is 14.9 Å². The van der Waals surface area contributed by atoms with Gasteiger partial charge in [0.2, 0.25) is 0 Å². The number of nitrogens with one attached hydrogen (secondary N) is 1. The van der Waals surface area contributed by atoms with Crippen LogP contribution in [-0.2, 0) is 0 Å². The van der Waals surface area contributed by atoms with E-state index in [4.69, 9.17) is 9.47 Å². The molecule has 0 unspecified atom stereocenters. The number of ether oxygens (including phenoxy) is 2. The summed E-state index contributed by atoms with van der Waals surface area (Å²) in [7, 11) is 0. The Morgan fingerprint density at radius 2 is 1.53 bits per heavy atom. The first-order valence-electron chi connectivity index (χ1n) is 9.47. The van der Waals surface area contributed by atoms with E-state index in [1.807, 2.05) is 59.0 Å². The first-order valence-corrected chi connectivity index (χ1v) is 11.6. The van der Waals surface area contributed by atoms with E-state index in [9.17, 15) is 10.2 Å². The lowest BCUT2D eigenvalue weighted by molar-refractivity contribution is 0.317. The molecule has 0 saturated heterocycles. The summed E-state index contributed by atoms with van der Waals surface area (Å²) in [5, 5.41) is 36.4. The van der Waals surface area contributed by atoms with Crippen molar-refractivity contribution in [1.82, 2.24) is 14.9 Å². The number of rotatable bonds is 9. The Balaban J connectivity index is 1.74. The minimum atomic E-state index is 0.0991. The van der Waals surface area contributed by atoms with Crippen LogP contribution >= 0.6 is 45.2 Å². The highest BCUT2D eigenvalue weighted by Crippen LogP contribution is 2.33. The molecule has 0 aliphatic heterocycles. The first kappa shape index (κ1) is 24.0. The summed E-state index contributed by atoms with van der Waals surface area (Å²) in [6, 6.07) is 6.94. The number of phenols is 2. The monoisotopic (exact) mass is 662 g/mol. The van der Waals surface area contributed by atoms with Crippen molar-refractivity contribution in [2.75, 3.05) is 18.6 Å². The predicted octanol–water partition coefficient (Wildman–Crippen LogP) is 4.02. The first-order chi connectivity index (χ1) is 15.4. The molecular weight excluding hydrogens is 642 g/mol. The lowest BCUT2D eigenvalue weighted by Gasteiger charge is -2.08. The highest BCUT2D eigenvalue weighted by atomic mass is 127. The Kier molecular flexibility index (Phi) is 8.49. The summed E-state index contributed by atoms with van der Waals surface area (Å²) in [4.78, 5) is 0. The Labute approximate surface area is 211 Å². The number of hydrazone groups is 1. The number of aromatic nitrogens is 3. The van der Waals surface area contributed by atoms with Crippen molar-refractivity contribution in [3.8, 4) is 23.0 Å². The molecule has 0 saturated carbocycles. The normalized spacial score (nSPS) is 11.4. The average molecular weight is 662 g/mol. The summed E-state index contributed by atoms with van der Waals surface area (Å²) >= 11 is 4.06. The zero-order valence-corrected chi connectivity index (χ0v) is 21.5. The van der Waals surface area contributed by atoms with Crippen LogP contribution in [-0.4, -0.2) is 50.7 Å². The van der Waals surface area contributed by atoms with Crippen molar-refractivity contribution in [3.05, 3.63) is 48.9 Å². The molecule has 12 heteroatoms. The summed E-state index contributed by atoms with van der Waals surface area (Å²) in [6.07, 6.45) is 4.60. The quantitative estimate of drug-likeness (QED) is 0.180. The number of halogens is 2. The summed E-state index contributed by atoms with van der Waals surface area (Å²) < 4.78 is 13.6. The van der Waals surface area contributed by atoms with E-state index >= 15 is 0 Å². The zero-order valence-electron chi connectivity index (χ0n) is 17.2. The Hall–Kier alpha value is -2.62. The summed E-state index contributed by atoms with van der Waals surface area (Å²) in [5.74, 6) is 1.28. The Morgan fingerprint density at radius 1 is 0.969 bits per heavy atom. The van der Waals surface area contributed by atoms with Crippen LogP contribution in [0.4, 0.5) is 5.95 Å². The van der Waals surface area contributed by atoms with Gasteiger partial charge in [-0.2, -0.15) is 14.9 Å². The second-order valence-corrected chi connectivity index (χ2v) is 8.50. The van der Waals surface area contributed by atoms with Gasteiger partial charge in [-0.1, -0.05) is 0 Å². The van der Waals surface area contributed by atoms with E-state index < -0.39 is 0 Å². The van der Waals surface area contributed by atoms with Crippen molar-refractivity contribution < 1.29 is 19.7 Å². The van der Waals surface area contributed by atoms with Gasteiger partial charge in [-0.15, -0.1) is 10.2 Å². The smallest absolute Gasteiger partial charge is 0.265 e. The van der Waals surface area contributed by atoms with Crippen LogP contribution in [0.2, 0.25) is 0 Å². The fourth-order valence-corrected chi connectivity index (χ4v) is 3.80. The lowest BCUT2D eigenvalue weighted by atomic mass is 10.2. The fraction of sp³-hybridized carbons (Fsp3) is 0.200. The molecule has 168 valence electrons. The van der Waals surface area contributed by atoms with Gasteiger partial charge in [-0.25, -0.2) is 5.43 Å². The molecule has 0 atom stereocenters. The molecule has 0 fully saturated rings. The van der Waals surface area contributed by atoms with Crippen molar-refractivity contribution in [2.24, 2.45) is 10.2 Å². The Bertz CT molecular complexity index is 1150. The number of aromatic hydroxyl groups is 2. The van der Waals surface area contributed by atoms with Gasteiger partial charge in [-0.05, 0) is 94.4 Å². The summed E-state index contributed by atoms with van der Waals surface area (Å²) in [6.45, 7) is 4.57. The number of nitrogens with zero attached hydrogens (tertiary/aromatic N) is 5. The highest BCUT2D eigenvalue weighted by molar-refractivity contribution is 14.1. The molecule has 0 aliphatic rings. The van der Waals surface area contributed by atoms with Gasteiger partial charge >= 0.3 is 0 Å². The van der Waals surface area contributed by atoms with E-state index in [2.05, 4.69) is 25.8 Å². The number of benzene rings is 2. The number of hydrogen-bond acceptors (Lipinski definition) is 9. The van der Waals surface area contributed by atoms with E-state index in [-0.39, 0.29) is 11.5 Å². The molecule has 0 amide bonds. The van der Waals surface area contributed by atoms with Gasteiger partial charge in [0, 0.05) is 0 Å². The molecule has 1 heterocycles. The molecule has 32 heavy (non-hydrogen) atoms. The number of hydrogen-bond donors (Lipinski definition) is 3. The molecule has 0 radical (unpaired) electrons. The molecule has 0 bridgehead atoms. The molecule has 3 N–H and O–H groups in total. The fourth-order valence-electron chi connectivity index (χ4n) is 2.55. The lowest BCUT2D eigenvalue weighted by Crippen LogP contribution is -2.00. The third-order valence-electron chi connectivity index (χ3n) is 3.94. The second-order valence-electron chi connectivity index (χ2n) is 6.18. The SMILES string of the molecule is CCOc1cc(C=NNc2nncn2N=Cc2cc(I)c(O)c(OCC)c2)cc(I)c1O. The van der Waals surface area contributed by atoms with Crippen LogP contribution in [0, 0.1) is 7.14 Å². The van der Waals surface area contributed by atoms with E-state index in [0.29, 0.717) is 37.8 Å². The predicted molar refractivity (Wildman–Crippen MR) is 138 cm³/mol.